The molecule has 1 fully saturated rings. The van der Waals surface area contributed by atoms with Crippen LogP contribution in [0.3, 0.4) is 0 Å². The van der Waals surface area contributed by atoms with Crippen LogP contribution in [-0.2, 0) is 6.54 Å². The van der Waals surface area contributed by atoms with Crippen LogP contribution in [0, 0.1) is 6.92 Å². The summed E-state index contributed by atoms with van der Waals surface area (Å²) < 4.78 is 5.71. The van der Waals surface area contributed by atoms with Gasteiger partial charge in [-0.2, -0.15) is 0 Å². The van der Waals surface area contributed by atoms with Gasteiger partial charge in [-0.05, 0) is 36.3 Å². The van der Waals surface area contributed by atoms with Crippen LogP contribution in [0.5, 0.6) is 5.75 Å². The molecule has 0 aromatic heterocycles. The predicted molar refractivity (Wildman–Crippen MR) is 115 cm³/mol. The first-order chi connectivity index (χ1) is 11.8. The SMILES string of the molecule is Cc1ccc(OCC=Cc2ccc(CN3CCNCC3)cc2)cc1.Cl.Cl. The first-order valence-corrected chi connectivity index (χ1v) is 8.68. The first-order valence-electron chi connectivity index (χ1n) is 8.68. The molecule has 1 heterocycles. The van der Waals surface area contributed by atoms with E-state index in [9.17, 15) is 0 Å². The van der Waals surface area contributed by atoms with Gasteiger partial charge in [-0.3, -0.25) is 4.90 Å². The molecule has 1 saturated heterocycles. The number of benzene rings is 2. The molecule has 1 N–H and O–H groups in total. The number of rotatable bonds is 6. The molecule has 0 bridgehead atoms. The molecule has 0 amide bonds. The topological polar surface area (TPSA) is 24.5 Å². The van der Waals surface area contributed by atoms with Crippen molar-refractivity contribution in [2.45, 2.75) is 13.5 Å². The molecule has 1 aliphatic heterocycles. The lowest BCUT2D eigenvalue weighted by atomic mass is 10.1. The molecule has 0 aliphatic carbocycles. The summed E-state index contributed by atoms with van der Waals surface area (Å²) in [6.45, 7) is 8.18. The summed E-state index contributed by atoms with van der Waals surface area (Å²) in [4.78, 5) is 2.50. The van der Waals surface area contributed by atoms with Gasteiger partial charge in [0.25, 0.3) is 0 Å². The Morgan fingerprint density at radius 3 is 2.27 bits per heavy atom. The Kier molecular flexibility index (Phi) is 10.4. The van der Waals surface area contributed by atoms with E-state index in [1.807, 2.05) is 12.1 Å². The Labute approximate surface area is 169 Å². The highest BCUT2D eigenvalue weighted by molar-refractivity contribution is 5.85. The third kappa shape index (κ3) is 7.38. The largest absolute Gasteiger partial charge is 0.490 e. The third-order valence-electron chi connectivity index (χ3n) is 4.27. The van der Waals surface area contributed by atoms with Gasteiger partial charge in [0.05, 0.1) is 0 Å². The summed E-state index contributed by atoms with van der Waals surface area (Å²) in [5.41, 5.74) is 3.84. The Morgan fingerprint density at radius 1 is 0.962 bits per heavy atom. The average Bonchev–Trinajstić information content (AvgIpc) is 2.62. The fraction of sp³-hybridized carbons (Fsp3) is 0.333. The van der Waals surface area contributed by atoms with Gasteiger partial charge in [0.15, 0.2) is 0 Å². The van der Waals surface area contributed by atoms with E-state index in [2.05, 4.69) is 65.7 Å². The van der Waals surface area contributed by atoms with E-state index in [4.69, 9.17) is 4.74 Å². The van der Waals surface area contributed by atoms with Crippen LogP contribution in [0.15, 0.2) is 54.6 Å². The van der Waals surface area contributed by atoms with Gasteiger partial charge in [-0.25, -0.2) is 0 Å². The predicted octanol–water partition coefficient (Wildman–Crippen LogP) is 4.34. The lowest BCUT2D eigenvalue weighted by Gasteiger charge is -2.27. The number of nitrogens with one attached hydrogen (secondary N) is 1. The zero-order valence-electron chi connectivity index (χ0n) is 15.2. The van der Waals surface area contributed by atoms with Crippen molar-refractivity contribution in [1.82, 2.24) is 10.2 Å². The standard InChI is InChI=1S/C21H26N2O.2ClH/c1-18-4-10-21(11-5-18)24-16-2-3-19-6-8-20(9-7-19)17-23-14-12-22-13-15-23;;/h2-11,22H,12-17H2,1H3;2*1H. The minimum Gasteiger partial charge on any atom is -0.490 e. The first kappa shape index (κ1) is 22.5. The van der Waals surface area contributed by atoms with Crippen LogP contribution in [-0.4, -0.2) is 37.7 Å². The fourth-order valence-electron chi connectivity index (χ4n) is 2.82. The van der Waals surface area contributed by atoms with Crippen molar-refractivity contribution in [3.8, 4) is 5.75 Å². The van der Waals surface area contributed by atoms with Gasteiger partial charge in [0, 0.05) is 32.7 Å². The van der Waals surface area contributed by atoms with Crippen molar-refractivity contribution in [2.75, 3.05) is 32.8 Å². The molecule has 1 aliphatic rings. The van der Waals surface area contributed by atoms with Crippen LogP contribution < -0.4 is 10.1 Å². The molecule has 0 unspecified atom stereocenters. The van der Waals surface area contributed by atoms with Crippen LogP contribution in [0.25, 0.3) is 6.08 Å². The lowest BCUT2D eigenvalue weighted by Crippen LogP contribution is -2.42. The van der Waals surface area contributed by atoms with Crippen molar-refractivity contribution in [3.05, 3.63) is 71.3 Å². The summed E-state index contributed by atoms with van der Waals surface area (Å²) in [6.07, 6.45) is 4.17. The Balaban J connectivity index is 0.00000169. The second kappa shape index (κ2) is 12.0. The number of piperazine rings is 1. The van der Waals surface area contributed by atoms with Gasteiger partial charge in [-0.15, -0.1) is 24.8 Å². The maximum Gasteiger partial charge on any atom is 0.119 e. The fourth-order valence-corrected chi connectivity index (χ4v) is 2.82. The Bertz CT molecular complexity index is 651. The summed E-state index contributed by atoms with van der Waals surface area (Å²) in [6, 6.07) is 17.0. The van der Waals surface area contributed by atoms with E-state index in [0.29, 0.717) is 6.61 Å². The number of halogens is 2. The number of ether oxygens (including phenoxy) is 1. The average molecular weight is 395 g/mol. The number of aryl methyl sites for hydroxylation is 1. The van der Waals surface area contributed by atoms with Gasteiger partial charge in [0.1, 0.15) is 12.4 Å². The minimum atomic E-state index is 0. The summed E-state index contributed by atoms with van der Waals surface area (Å²) >= 11 is 0. The minimum absolute atomic E-state index is 0. The van der Waals surface area contributed by atoms with Crippen molar-refractivity contribution in [1.29, 1.82) is 0 Å². The van der Waals surface area contributed by atoms with E-state index < -0.39 is 0 Å². The second-order valence-electron chi connectivity index (χ2n) is 6.29. The van der Waals surface area contributed by atoms with E-state index in [1.165, 1.54) is 16.7 Å². The molecule has 142 valence electrons. The molecule has 0 spiro atoms. The molecule has 2 aromatic carbocycles. The van der Waals surface area contributed by atoms with Crippen molar-refractivity contribution in [3.63, 3.8) is 0 Å². The highest BCUT2D eigenvalue weighted by atomic mass is 35.5. The van der Waals surface area contributed by atoms with E-state index >= 15 is 0 Å². The van der Waals surface area contributed by atoms with Gasteiger partial charge in [0.2, 0.25) is 0 Å². The van der Waals surface area contributed by atoms with Gasteiger partial charge < -0.3 is 10.1 Å². The highest BCUT2D eigenvalue weighted by Gasteiger charge is 2.09. The van der Waals surface area contributed by atoms with Crippen molar-refractivity contribution in [2.24, 2.45) is 0 Å². The van der Waals surface area contributed by atoms with Crippen LogP contribution >= 0.6 is 24.8 Å². The second-order valence-corrected chi connectivity index (χ2v) is 6.29. The highest BCUT2D eigenvalue weighted by Crippen LogP contribution is 2.12. The Morgan fingerprint density at radius 2 is 1.62 bits per heavy atom. The van der Waals surface area contributed by atoms with E-state index in [-0.39, 0.29) is 24.8 Å². The maximum absolute atomic E-state index is 5.71. The molecular weight excluding hydrogens is 367 g/mol. The number of hydrogen-bond acceptors (Lipinski definition) is 3. The van der Waals surface area contributed by atoms with Gasteiger partial charge in [-0.1, -0.05) is 48.0 Å². The quantitative estimate of drug-likeness (QED) is 0.788. The molecule has 0 saturated carbocycles. The molecule has 3 rings (SSSR count). The van der Waals surface area contributed by atoms with Crippen LogP contribution in [0.1, 0.15) is 16.7 Å². The summed E-state index contributed by atoms with van der Waals surface area (Å²) in [5.74, 6) is 0.914. The molecular formula is C21H28Cl2N2O. The third-order valence-corrected chi connectivity index (χ3v) is 4.27. The van der Waals surface area contributed by atoms with Gasteiger partial charge >= 0.3 is 0 Å². The monoisotopic (exact) mass is 394 g/mol. The van der Waals surface area contributed by atoms with E-state index in [1.54, 1.807) is 0 Å². The summed E-state index contributed by atoms with van der Waals surface area (Å²) in [7, 11) is 0. The normalized spacial score (nSPS) is 14.5. The zero-order valence-corrected chi connectivity index (χ0v) is 16.8. The molecule has 0 radical (unpaired) electrons. The number of hydrogen-bond donors (Lipinski definition) is 1. The van der Waals surface area contributed by atoms with E-state index in [0.717, 1.165) is 38.5 Å². The summed E-state index contributed by atoms with van der Waals surface area (Å²) in [5, 5.41) is 3.39. The molecule has 26 heavy (non-hydrogen) atoms. The van der Waals surface area contributed by atoms with Crippen molar-refractivity contribution >= 4 is 30.9 Å². The maximum atomic E-state index is 5.71. The molecule has 5 heteroatoms. The molecule has 0 atom stereocenters. The number of nitrogens with zero attached hydrogens (tertiary/aromatic N) is 1. The zero-order chi connectivity index (χ0) is 16.6. The Hall–Kier alpha value is -1.52. The van der Waals surface area contributed by atoms with Crippen molar-refractivity contribution < 1.29 is 4.74 Å². The van der Waals surface area contributed by atoms with Crippen LogP contribution in [0.4, 0.5) is 0 Å². The lowest BCUT2D eigenvalue weighted by molar-refractivity contribution is 0.233. The molecule has 2 aromatic rings. The smallest absolute Gasteiger partial charge is 0.119 e. The van der Waals surface area contributed by atoms with Crippen LogP contribution in [0.2, 0.25) is 0 Å². The molecule has 3 nitrogen and oxygen atoms in total.